The zero-order valence-corrected chi connectivity index (χ0v) is 18.0. The Hall–Kier alpha value is -2.95. The average molecular weight is 459 g/mol. The van der Waals surface area contributed by atoms with Gasteiger partial charge in [-0.15, -0.1) is 0 Å². The van der Waals surface area contributed by atoms with Crippen molar-refractivity contribution in [3.63, 3.8) is 0 Å². The summed E-state index contributed by atoms with van der Waals surface area (Å²) < 4.78 is 10.6. The number of anilines is 2. The molecule has 2 aliphatic heterocycles. The van der Waals surface area contributed by atoms with E-state index in [9.17, 15) is 9.59 Å². The molecule has 3 atom stereocenters. The highest BCUT2D eigenvalue weighted by Crippen LogP contribution is 2.39. The van der Waals surface area contributed by atoms with Gasteiger partial charge in [0.25, 0.3) is 11.8 Å². The zero-order chi connectivity index (χ0) is 22.2. The normalized spacial score (nSPS) is 23.9. The highest BCUT2D eigenvalue weighted by atomic mass is 35.5. The van der Waals surface area contributed by atoms with Gasteiger partial charge in [-0.2, -0.15) is 0 Å². The lowest BCUT2D eigenvalue weighted by Crippen LogP contribution is -2.33. The fraction of sp³-hybridized carbons (Fsp3) is 0.429. The number of nitrogens with zero attached hydrogens (tertiary/aromatic N) is 3. The van der Waals surface area contributed by atoms with Crippen molar-refractivity contribution in [1.82, 2.24) is 15.3 Å². The average Bonchev–Trinajstić information content (AvgIpc) is 3.31. The minimum Gasteiger partial charge on any atom is -0.465 e. The first-order valence-corrected chi connectivity index (χ1v) is 10.9. The van der Waals surface area contributed by atoms with Crippen LogP contribution < -0.4 is 26.0 Å². The Morgan fingerprint density at radius 1 is 1.34 bits per heavy atom. The zero-order valence-electron chi connectivity index (χ0n) is 17.2. The largest absolute Gasteiger partial charge is 0.465 e. The second kappa shape index (κ2) is 8.53. The predicted octanol–water partition coefficient (Wildman–Crippen LogP) is 1.64. The maximum Gasteiger partial charge on any atom is 0.416 e. The molecule has 10 nitrogen and oxygen atoms in total. The SMILES string of the molecule is NC1c2cccc(Cl)c2CC1CCNCC1CN(c2cnc3c(n2)NC(=O)CO3)C(=O)O1. The molecule has 0 radical (unpaired) electrons. The maximum absolute atomic E-state index is 12.3. The maximum atomic E-state index is 12.3. The number of hydrogen-bond acceptors (Lipinski definition) is 8. The van der Waals surface area contributed by atoms with E-state index in [4.69, 9.17) is 26.8 Å². The second-order valence-electron chi connectivity index (χ2n) is 8.13. The topological polar surface area (TPSA) is 132 Å². The first-order chi connectivity index (χ1) is 15.5. The number of fused-ring (bicyclic) bond motifs is 2. The summed E-state index contributed by atoms with van der Waals surface area (Å²) in [7, 11) is 0. The Labute approximate surface area is 189 Å². The van der Waals surface area contributed by atoms with Gasteiger partial charge in [0, 0.05) is 17.6 Å². The quantitative estimate of drug-likeness (QED) is 0.556. The number of benzene rings is 1. The molecule has 2 aromatic rings. The molecule has 3 unspecified atom stereocenters. The molecule has 3 aliphatic rings. The Kier molecular flexibility index (Phi) is 5.58. The van der Waals surface area contributed by atoms with Crippen molar-refractivity contribution >= 4 is 35.2 Å². The number of ether oxygens (including phenoxy) is 2. The van der Waals surface area contributed by atoms with Crippen LogP contribution in [0.5, 0.6) is 5.88 Å². The number of nitrogens with two attached hydrogens (primary N) is 1. The van der Waals surface area contributed by atoms with Crippen molar-refractivity contribution in [2.75, 3.05) is 36.5 Å². The lowest BCUT2D eigenvalue weighted by molar-refractivity contribution is -0.118. The van der Waals surface area contributed by atoms with Gasteiger partial charge in [-0.1, -0.05) is 23.7 Å². The Bertz CT molecular complexity index is 1070. The van der Waals surface area contributed by atoms with Crippen LogP contribution in [0.4, 0.5) is 16.4 Å². The number of halogens is 1. The van der Waals surface area contributed by atoms with Crippen LogP contribution in [-0.4, -0.2) is 54.3 Å². The standard InChI is InChI=1S/C21H23ClN6O4/c22-15-3-1-2-13-14(15)6-11(18(13)23)4-5-24-7-12-9-28(21(30)32-12)16-8-25-20-19(26-16)27-17(29)10-31-20/h1-3,8,11-12,18,24H,4-7,9-10,23H2,(H,26,27,29). The summed E-state index contributed by atoms with van der Waals surface area (Å²) in [6.07, 6.45) is 2.37. The van der Waals surface area contributed by atoms with E-state index in [1.54, 1.807) is 0 Å². The van der Waals surface area contributed by atoms with E-state index in [1.807, 2.05) is 18.2 Å². The van der Waals surface area contributed by atoms with Gasteiger partial charge in [-0.3, -0.25) is 9.69 Å². The van der Waals surface area contributed by atoms with E-state index >= 15 is 0 Å². The minimum atomic E-state index is -0.503. The Morgan fingerprint density at radius 3 is 3.06 bits per heavy atom. The third-order valence-electron chi connectivity index (χ3n) is 6.03. The van der Waals surface area contributed by atoms with Crippen LogP contribution in [-0.2, 0) is 16.0 Å². The molecule has 11 heteroatoms. The van der Waals surface area contributed by atoms with Crippen molar-refractivity contribution in [2.24, 2.45) is 11.7 Å². The summed E-state index contributed by atoms with van der Waals surface area (Å²) in [6.45, 7) is 1.49. The van der Waals surface area contributed by atoms with Crippen LogP contribution in [0.1, 0.15) is 23.6 Å². The third kappa shape index (κ3) is 3.96. The second-order valence-corrected chi connectivity index (χ2v) is 8.53. The van der Waals surface area contributed by atoms with E-state index in [-0.39, 0.29) is 36.4 Å². The fourth-order valence-corrected chi connectivity index (χ4v) is 4.64. The van der Waals surface area contributed by atoms with E-state index in [0.717, 1.165) is 35.5 Å². The fourth-order valence-electron chi connectivity index (χ4n) is 4.38. The first-order valence-electron chi connectivity index (χ1n) is 10.5. The summed E-state index contributed by atoms with van der Waals surface area (Å²) in [4.78, 5) is 33.6. The van der Waals surface area contributed by atoms with Gasteiger partial charge < -0.3 is 25.8 Å². The monoisotopic (exact) mass is 458 g/mol. The molecule has 3 heterocycles. The molecule has 1 saturated heterocycles. The summed E-state index contributed by atoms with van der Waals surface area (Å²) >= 11 is 6.31. The van der Waals surface area contributed by atoms with Crippen molar-refractivity contribution in [3.8, 4) is 5.88 Å². The van der Waals surface area contributed by atoms with Crippen LogP contribution in [0.3, 0.4) is 0 Å². The third-order valence-corrected chi connectivity index (χ3v) is 6.38. The molecule has 2 amide bonds. The number of cyclic esters (lactones) is 1. The number of carbonyl (C=O) groups is 2. The van der Waals surface area contributed by atoms with Crippen LogP contribution >= 0.6 is 11.6 Å². The van der Waals surface area contributed by atoms with Gasteiger partial charge in [0.05, 0.1) is 12.7 Å². The highest BCUT2D eigenvalue weighted by Gasteiger charge is 2.35. The number of amides is 2. The Balaban J connectivity index is 1.12. The molecule has 32 heavy (non-hydrogen) atoms. The molecule has 4 N–H and O–H groups in total. The molecule has 0 spiro atoms. The summed E-state index contributed by atoms with van der Waals surface area (Å²) in [5, 5.41) is 6.72. The minimum absolute atomic E-state index is 0.0163. The van der Waals surface area contributed by atoms with Crippen LogP contribution in [0.25, 0.3) is 0 Å². The van der Waals surface area contributed by atoms with Gasteiger partial charge in [0.1, 0.15) is 6.10 Å². The first kappa shape index (κ1) is 20.9. The number of nitrogens with one attached hydrogen (secondary N) is 2. The van der Waals surface area contributed by atoms with E-state index in [1.165, 1.54) is 11.1 Å². The van der Waals surface area contributed by atoms with Crippen LogP contribution in [0.2, 0.25) is 5.02 Å². The van der Waals surface area contributed by atoms with E-state index in [0.29, 0.717) is 24.8 Å². The lowest BCUT2D eigenvalue weighted by atomic mass is 9.98. The molecule has 5 rings (SSSR count). The van der Waals surface area contributed by atoms with Gasteiger partial charge >= 0.3 is 6.09 Å². The predicted molar refractivity (Wildman–Crippen MR) is 117 cm³/mol. The summed E-state index contributed by atoms with van der Waals surface area (Å²) in [5.41, 5.74) is 8.70. The number of rotatable bonds is 6. The van der Waals surface area contributed by atoms with Crippen molar-refractivity contribution in [2.45, 2.75) is 25.0 Å². The van der Waals surface area contributed by atoms with Crippen LogP contribution in [0.15, 0.2) is 24.4 Å². The molecule has 0 saturated carbocycles. The van der Waals surface area contributed by atoms with E-state index < -0.39 is 6.09 Å². The van der Waals surface area contributed by atoms with E-state index in [2.05, 4.69) is 20.6 Å². The van der Waals surface area contributed by atoms with Gasteiger partial charge in [-0.25, -0.2) is 14.8 Å². The van der Waals surface area contributed by atoms with Crippen molar-refractivity contribution in [1.29, 1.82) is 0 Å². The van der Waals surface area contributed by atoms with Gasteiger partial charge in [0.2, 0.25) is 0 Å². The molecule has 1 aromatic carbocycles. The number of hydrogen-bond donors (Lipinski definition) is 3. The highest BCUT2D eigenvalue weighted by molar-refractivity contribution is 6.31. The Morgan fingerprint density at radius 2 is 2.22 bits per heavy atom. The molecule has 1 aliphatic carbocycles. The smallest absolute Gasteiger partial charge is 0.416 e. The summed E-state index contributed by atoms with van der Waals surface area (Å²) in [6, 6.07) is 5.88. The number of aromatic nitrogens is 2. The van der Waals surface area contributed by atoms with Crippen molar-refractivity contribution < 1.29 is 19.1 Å². The molecule has 0 bridgehead atoms. The summed E-state index contributed by atoms with van der Waals surface area (Å²) in [5.74, 6) is 0.731. The molecular formula is C21H23ClN6O4. The lowest BCUT2D eigenvalue weighted by Gasteiger charge is -2.18. The molecule has 1 aromatic heterocycles. The van der Waals surface area contributed by atoms with Crippen molar-refractivity contribution in [3.05, 3.63) is 40.5 Å². The number of carbonyl (C=O) groups excluding carboxylic acids is 2. The molecule has 1 fully saturated rings. The van der Waals surface area contributed by atoms with Crippen LogP contribution in [0, 0.1) is 5.92 Å². The molecule has 168 valence electrons. The van der Waals surface area contributed by atoms with Gasteiger partial charge in [0.15, 0.2) is 18.2 Å². The van der Waals surface area contributed by atoms with Gasteiger partial charge in [-0.05, 0) is 42.5 Å². The molecular weight excluding hydrogens is 436 g/mol.